The van der Waals surface area contributed by atoms with Crippen molar-refractivity contribution in [2.24, 2.45) is 0 Å². The highest BCUT2D eigenvalue weighted by molar-refractivity contribution is 6.22. The number of imide groups is 1. The van der Waals surface area contributed by atoms with E-state index in [1.165, 1.54) is 4.90 Å². The summed E-state index contributed by atoms with van der Waals surface area (Å²) in [5, 5.41) is 10.1. The fourth-order valence-electron chi connectivity index (χ4n) is 4.14. The molecular formula is C23H25N3O5. The Labute approximate surface area is 180 Å². The van der Waals surface area contributed by atoms with Crippen molar-refractivity contribution < 1.29 is 24.2 Å². The van der Waals surface area contributed by atoms with Gasteiger partial charge >= 0.3 is 5.97 Å². The van der Waals surface area contributed by atoms with Crippen molar-refractivity contribution in [1.29, 1.82) is 0 Å². The van der Waals surface area contributed by atoms with E-state index in [0.717, 1.165) is 5.69 Å². The second-order valence-electron chi connectivity index (χ2n) is 7.57. The van der Waals surface area contributed by atoms with Gasteiger partial charge in [0.05, 0.1) is 36.0 Å². The van der Waals surface area contributed by atoms with E-state index < -0.39 is 12.0 Å². The van der Waals surface area contributed by atoms with Gasteiger partial charge in [-0.05, 0) is 43.3 Å². The monoisotopic (exact) mass is 423 g/mol. The lowest BCUT2D eigenvalue weighted by atomic mass is 10.1. The van der Waals surface area contributed by atoms with Crippen LogP contribution in [0.1, 0.15) is 23.7 Å². The van der Waals surface area contributed by atoms with E-state index in [-0.39, 0.29) is 30.6 Å². The quantitative estimate of drug-likeness (QED) is 0.581. The lowest BCUT2D eigenvalue weighted by Crippen LogP contribution is -2.52. The van der Waals surface area contributed by atoms with E-state index in [9.17, 15) is 19.5 Å². The molecule has 0 aliphatic carbocycles. The predicted octanol–water partition coefficient (Wildman–Crippen LogP) is 2.02. The maximum absolute atomic E-state index is 13.1. The van der Waals surface area contributed by atoms with Crippen LogP contribution in [0.4, 0.5) is 11.4 Å². The van der Waals surface area contributed by atoms with E-state index >= 15 is 0 Å². The van der Waals surface area contributed by atoms with Gasteiger partial charge in [0.1, 0.15) is 5.75 Å². The standard InChI is InChI=1S/C23H25N3O5/c1-2-31-23(30)16-7-9-17(10-8-16)26-21(28)15-19(22(26)29)25-13-11-24(12-14-25)18-5-3-4-6-20(18)27/h3-10,19,27H,2,11-15H2,1H3. The van der Waals surface area contributed by atoms with Crippen molar-refractivity contribution in [1.82, 2.24) is 4.90 Å². The van der Waals surface area contributed by atoms with Gasteiger partial charge in [-0.3, -0.25) is 14.5 Å². The molecule has 2 heterocycles. The summed E-state index contributed by atoms with van der Waals surface area (Å²) in [5.74, 6) is -0.694. The molecule has 0 spiro atoms. The molecule has 0 aromatic heterocycles. The van der Waals surface area contributed by atoms with Crippen LogP contribution in [0.3, 0.4) is 0 Å². The molecular weight excluding hydrogens is 398 g/mol. The summed E-state index contributed by atoms with van der Waals surface area (Å²) >= 11 is 0. The van der Waals surface area contributed by atoms with Crippen molar-refractivity contribution in [2.75, 3.05) is 42.6 Å². The van der Waals surface area contributed by atoms with Crippen molar-refractivity contribution in [3.05, 3.63) is 54.1 Å². The second-order valence-corrected chi connectivity index (χ2v) is 7.57. The minimum atomic E-state index is -0.497. The van der Waals surface area contributed by atoms with E-state index in [1.807, 2.05) is 17.0 Å². The Bertz CT molecular complexity index is 983. The summed E-state index contributed by atoms with van der Waals surface area (Å²) in [6.45, 7) is 4.56. The Balaban J connectivity index is 1.42. The van der Waals surface area contributed by atoms with E-state index in [0.29, 0.717) is 37.4 Å². The fourth-order valence-corrected chi connectivity index (χ4v) is 4.14. The maximum Gasteiger partial charge on any atom is 0.338 e. The Hall–Kier alpha value is -3.39. The van der Waals surface area contributed by atoms with Crippen LogP contribution in [-0.2, 0) is 14.3 Å². The van der Waals surface area contributed by atoms with Gasteiger partial charge in [-0.25, -0.2) is 9.69 Å². The minimum absolute atomic E-state index is 0.134. The molecule has 162 valence electrons. The first-order valence-electron chi connectivity index (χ1n) is 10.4. The minimum Gasteiger partial charge on any atom is -0.506 e. The lowest BCUT2D eigenvalue weighted by Gasteiger charge is -2.38. The molecule has 31 heavy (non-hydrogen) atoms. The number of amides is 2. The number of ether oxygens (including phenoxy) is 1. The van der Waals surface area contributed by atoms with Crippen molar-refractivity contribution >= 4 is 29.2 Å². The van der Waals surface area contributed by atoms with Crippen molar-refractivity contribution in [3.8, 4) is 5.75 Å². The highest BCUT2D eigenvalue weighted by Gasteiger charge is 2.43. The maximum atomic E-state index is 13.1. The zero-order valence-electron chi connectivity index (χ0n) is 17.4. The molecule has 8 heteroatoms. The molecule has 2 aromatic rings. The second kappa shape index (κ2) is 8.77. The molecule has 1 N–H and O–H groups in total. The summed E-state index contributed by atoms with van der Waals surface area (Å²) in [6.07, 6.45) is 0.134. The van der Waals surface area contributed by atoms with Gasteiger partial charge in [-0.2, -0.15) is 0 Å². The van der Waals surface area contributed by atoms with E-state index in [4.69, 9.17) is 4.74 Å². The average Bonchev–Trinajstić information content (AvgIpc) is 3.08. The Morgan fingerprint density at radius 2 is 1.71 bits per heavy atom. The van der Waals surface area contributed by atoms with Gasteiger partial charge in [0.25, 0.3) is 5.91 Å². The van der Waals surface area contributed by atoms with Crippen molar-refractivity contribution in [3.63, 3.8) is 0 Å². The normalized spacial score (nSPS) is 19.7. The predicted molar refractivity (Wildman–Crippen MR) is 115 cm³/mol. The van der Waals surface area contributed by atoms with Gasteiger partial charge in [0.15, 0.2) is 0 Å². The third-order valence-electron chi connectivity index (χ3n) is 5.74. The first kappa shape index (κ1) is 20.9. The Morgan fingerprint density at radius 1 is 1.03 bits per heavy atom. The number of anilines is 2. The number of nitrogens with zero attached hydrogens (tertiary/aromatic N) is 3. The van der Waals surface area contributed by atoms with Crippen LogP contribution in [0.15, 0.2) is 48.5 Å². The molecule has 2 amide bonds. The molecule has 1 unspecified atom stereocenters. The molecule has 4 rings (SSSR count). The van der Waals surface area contributed by atoms with Gasteiger partial charge in [-0.1, -0.05) is 12.1 Å². The van der Waals surface area contributed by atoms with Gasteiger partial charge < -0.3 is 14.7 Å². The zero-order valence-corrected chi connectivity index (χ0v) is 17.4. The van der Waals surface area contributed by atoms with Gasteiger partial charge in [0, 0.05) is 26.2 Å². The number of aromatic hydroxyl groups is 1. The van der Waals surface area contributed by atoms with Gasteiger partial charge in [-0.15, -0.1) is 0 Å². The number of rotatable bonds is 5. The number of phenols is 1. The molecule has 2 aromatic carbocycles. The Kier molecular flexibility index (Phi) is 5.90. The smallest absolute Gasteiger partial charge is 0.338 e. The molecule has 8 nitrogen and oxygen atoms in total. The van der Waals surface area contributed by atoms with Crippen LogP contribution in [-0.4, -0.2) is 66.6 Å². The van der Waals surface area contributed by atoms with E-state index in [1.54, 1.807) is 43.3 Å². The third kappa shape index (κ3) is 4.11. The fraction of sp³-hybridized carbons (Fsp3) is 0.348. The Morgan fingerprint density at radius 3 is 2.35 bits per heavy atom. The summed E-state index contributed by atoms with van der Waals surface area (Å²) in [7, 11) is 0. The number of hydrogen-bond acceptors (Lipinski definition) is 7. The van der Waals surface area contributed by atoms with Crippen LogP contribution in [0.25, 0.3) is 0 Å². The third-order valence-corrected chi connectivity index (χ3v) is 5.74. The summed E-state index contributed by atoms with van der Waals surface area (Å²) in [4.78, 5) is 42.8. The number of hydrogen-bond donors (Lipinski definition) is 1. The lowest BCUT2D eigenvalue weighted by molar-refractivity contribution is -0.123. The summed E-state index contributed by atoms with van der Waals surface area (Å²) in [6, 6.07) is 13.0. The SMILES string of the molecule is CCOC(=O)c1ccc(N2C(=O)CC(N3CCN(c4ccccc4O)CC3)C2=O)cc1. The average molecular weight is 423 g/mol. The number of carbonyl (C=O) groups is 3. The number of carbonyl (C=O) groups excluding carboxylic acids is 3. The van der Waals surface area contributed by atoms with Crippen LogP contribution >= 0.6 is 0 Å². The molecule has 2 saturated heterocycles. The first-order valence-corrected chi connectivity index (χ1v) is 10.4. The van der Waals surface area contributed by atoms with Crippen LogP contribution in [0, 0.1) is 0 Å². The molecule has 2 aliphatic heterocycles. The molecule has 0 bridgehead atoms. The molecule has 1 atom stereocenters. The number of phenolic OH excluding ortho intramolecular Hbond substituents is 1. The highest BCUT2D eigenvalue weighted by atomic mass is 16.5. The number of esters is 1. The largest absolute Gasteiger partial charge is 0.506 e. The summed E-state index contributed by atoms with van der Waals surface area (Å²) in [5.41, 5.74) is 1.61. The number of para-hydroxylation sites is 2. The summed E-state index contributed by atoms with van der Waals surface area (Å²) < 4.78 is 4.97. The molecule has 0 saturated carbocycles. The number of piperazine rings is 1. The van der Waals surface area contributed by atoms with Crippen LogP contribution < -0.4 is 9.80 Å². The first-order chi connectivity index (χ1) is 15.0. The van der Waals surface area contributed by atoms with Gasteiger partial charge in [0.2, 0.25) is 5.91 Å². The highest BCUT2D eigenvalue weighted by Crippen LogP contribution is 2.30. The van der Waals surface area contributed by atoms with Crippen molar-refractivity contribution in [2.45, 2.75) is 19.4 Å². The van der Waals surface area contributed by atoms with Crippen LogP contribution in [0.5, 0.6) is 5.75 Å². The topological polar surface area (TPSA) is 90.4 Å². The molecule has 2 aliphatic rings. The molecule has 0 radical (unpaired) electrons. The molecule has 2 fully saturated rings. The zero-order chi connectivity index (χ0) is 22.0. The van der Waals surface area contributed by atoms with Crippen LogP contribution in [0.2, 0.25) is 0 Å². The van der Waals surface area contributed by atoms with E-state index in [2.05, 4.69) is 4.90 Å². The number of benzene rings is 2.